The molecular formula is C16H16N6O2. The van der Waals surface area contributed by atoms with Crippen LogP contribution in [0.3, 0.4) is 0 Å². The maximum atomic E-state index is 12.1. The Hall–Kier alpha value is -3.29. The normalized spacial score (nSPS) is 10.3. The third-order valence-electron chi connectivity index (χ3n) is 3.20. The van der Waals surface area contributed by atoms with Gasteiger partial charge in [0.1, 0.15) is 31.3 Å². The second-order valence-corrected chi connectivity index (χ2v) is 4.93. The molecule has 3 aromatic rings. The van der Waals surface area contributed by atoms with Crippen molar-refractivity contribution in [1.29, 1.82) is 0 Å². The fraction of sp³-hybridized carbons (Fsp3) is 0.188. The quantitative estimate of drug-likeness (QED) is 0.699. The lowest BCUT2D eigenvalue weighted by Gasteiger charge is -2.07. The van der Waals surface area contributed by atoms with Crippen molar-refractivity contribution >= 4 is 5.91 Å². The third kappa shape index (κ3) is 4.35. The van der Waals surface area contributed by atoms with Gasteiger partial charge < -0.3 is 10.1 Å². The van der Waals surface area contributed by atoms with Gasteiger partial charge in [0.15, 0.2) is 0 Å². The highest BCUT2D eigenvalue weighted by Crippen LogP contribution is 2.10. The summed E-state index contributed by atoms with van der Waals surface area (Å²) in [4.78, 5) is 23.9. The zero-order valence-corrected chi connectivity index (χ0v) is 12.9. The number of ether oxygens (including phenoxy) is 1. The van der Waals surface area contributed by atoms with Gasteiger partial charge in [0, 0.05) is 12.6 Å². The molecule has 1 N–H and O–H groups in total. The maximum Gasteiger partial charge on any atom is 0.270 e. The van der Waals surface area contributed by atoms with Crippen LogP contribution in [0, 0.1) is 0 Å². The molecular weight excluding hydrogens is 308 g/mol. The van der Waals surface area contributed by atoms with Crippen molar-refractivity contribution in [2.24, 2.45) is 0 Å². The smallest absolute Gasteiger partial charge is 0.270 e. The first-order chi connectivity index (χ1) is 11.8. The van der Waals surface area contributed by atoms with Crippen molar-refractivity contribution in [3.05, 3.63) is 66.6 Å². The van der Waals surface area contributed by atoms with Crippen LogP contribution in [-0.2, 0) is 13.2 Å². The Labute approximate surface area is 138 Å². The van der Waals surface area contributed by atoms with Crippen LogP contribution in [0.2, 0.25) is 0 Å². The fourth-order valence-electron chi connectivity index (χ4n) is 2.00. The second-order valence-electron chi connectivity index (χ2n) is 4.93. The van der Waals surface area contributed by atoms with Gasteiger partial charge in [0.05, 0.1) is 6.54 Å². The molecule has 0 aliphatic rings. The highest BCUT2D eigenvalue weighted by Gasteiger charge is 2.09. The Morgan fingerprint density at radius 1 is 1.17 bits per heavy atom. The van der Waals surface area contributed by atoms with Crippen LogP contribution in [0.1, 0.15) is 16.1 Å². The van der Waals surface area contributed by atoms with E-state index in [1.165, 1.54) is 18.7 Å². The molecule has 0 unspecified atom stereocenters. The lowest BCUT2D eigenvalue weighted by atomic mass is 10.2. The first-order valence-electron chi connectivity index (χ1n) is 7.40. The Morgan fingerprint density at radius 3 is 2.83 bits per heavy atom. The van der Waals surface area contributed by atoms with Gasteiger partial charge in [-0.25, -0.2) is 15.0 Å². The molecule has 24 heavy (non-hydrogen) atoms. The summed E-state index contributed by atoms with van der Waals surface area (Å²) >= 11 is 0. The average molecular weight is 324 g/mol. The van der Waals surface area contributed by atoms with Gasteiger partial charge in [-0.1, -0.05) is 30.3 Å². The number of hydrogen-bond acceptors (Lipinski definition) is 6. The van der Waals surface area contributed by atoms with E-state index in [-0.39, 0.29) is 11.6 Å². The topological polar surface area (TPSA) is 94.8 Å². The highest BCUT2D eigenvalue weighted by molar-refractivity contribution is 5.92. The van der Waals surface area contributed by atoms with Crippen molar-refractivity contribution in [3.8, 4) is 5.88 Å². The van der Waals surface area contributed by atoms with E-state index in [9.17, 15) is 4.79 Å². The summed E-state index contributed by atoms with van der Waals surface area (Å²) in [5, 5.41) is 6.73. The van der Waals surface area contributed by atoms with Gasteiger partial charge in [-0.2, -0.15) is 5.10 Å². The van der Waals surface area contributed by atoms with E-state index in [1.807, 2.05) is 30.3 Å². The van der Waals surface area contributed by atoms with E-state index < -0.39 is 0 Å². The zero-order chi connectivity index (χ0) is 16.6. The number of aromatic nitrogens is 5. The molecule has 122 valence electrons. The first kappa shape index (κ1) is 15.6. The summed E-state index contributed by atoms with van der Waals surface area (Å²) in [6.45, 7) is 1.34. The van der Waals surface area contributed by atoms with Crippen molar-refractivity contribution < 1.29 is 9.53 Å². The summed E-state index contributed by atoms with van der Waals surface area (Å²) in [6.07, 6.45) is 4.35. The molecule has 8 heteroatoms. The highest BCUT2D eigenvalue weighted by atomic mass is 16.5. The minimum atomic E-state index is -0.290. The van der Waals surface area contributed by atoms with Crippen molar-refractivity contribution in [2.75, 3.05) is 6.54 Å². The molecule has 2 heterocycles. The van der Waals surface area contributed by atoms with Crippen LogP contribution in [0.4, 0.5) is 0 Å². The standard InChI is InChI=1S/C16H16N6O2/c23-16(18-6-7-22-12-17-10-21-22)14-8-15(20-11-19-14)24-9-13-4-2-1-3-5-13/h1-5,8,10-12H,6-7,9H2,(H,18,23). The van der Waals surface area contributed by atoms with E-state index in [2.05, 4.69) is 25.4 Å². The van der Waals surface area contributed by atoms with Gasteiger partial charge in [0.25, 0.3) is 5.91 Å². The molecule has 0 radical (unpaired) electrons. The Morgan fingerprint density at radius 2 is 2.04 bits per heavy atom. The number of nitrogens with one attached hydrogen (secondary N) is 1. The zero-order valence-electron chi connectivity index (χ0n) is 12.9. The number of benzene rings is 1. The van der Waals surface area contributed by atoms with E-state index in [0.29, 0.717) is 25.6 Å². The second kappa shape index (κ2) is 7.82. The van der Waals surface area contributed by atoms with Crippen LogP contribution in [0.25, 0.3) is 0 Å². The Bertz CT molecular complexity index is 776. The van der Waals surface area contributed by atoms with Crippen LogP contribution >= 0.6 is 0 Å². The van der Waals surface area contributed by atoms with Gasteiger partial charge in [-0.05, 0) is 5.56 Å². The van der Waals surface area contributed by atoms with E-state index in [1.54, 1.807) is 11.0 Å². The molecule has 1 aromatic carbocycles. The van der Waals surface area contributed by atoms with E-state index in [4.69, 9.17) is 4.74 Å². The maximum absolute atomic E-state index is 12.1. The minimum absolute atomic E-state index is 0.256. The number of nitrogens with zero attached hydrogens (tertiary/aromatic N) is 5. The molecule has 8 nitrogen and oxygen atoms in total. The van der Waals surface area contributed by atoms with Crippen molar-refractivity contribution in [1.82, 2.24) is 30.0 Å². The predicted octanol–water partition coefficient (Wildman–Crippen LogP) is 1.08. The molecule has 0 aliphatic carbocycles. The number of hydrogen-bond donors (Lipinski definition) is 1. The molecule has 0 fully saturated rings. The van der Waals surface area contributed by atoms with Crippen molar-refractivity contribution in [2.45, 2.75) is 13.2 Å². The van der Waals surface area contributed by atoms with Crippen LogP contribution in [0.15, 0.2) is 55.4 Å². The number of amides is 1. The lowest BCUT2D eigenvalue weighted by molar-refractivity contribution is 0.0946. The van der Waals surface area contributed by atoms with Crippen LogP contribution in [0.5, 0.6) is 5.88 Å². The Balaban J connectivity index is 1.53. The molecule has 0 saturated heterocycles. The summed E-state index contributed by atoms with van der Waals surface area (Å²) in [6, 6.07) is 11.3. The van der Waals surface area contributed by atoms with Gasteiger partial charge >= 0.3 is 0 Å². The summed E-state index contributed by atoms with van der Waals surface area (Å²) in [7, 11) is 0. The fourth-order valence-corrected chi connectivity index (χ4v) is 2.00. The number of carbonyl (C=O) groups excluding carboxylic acids is 1. The van der Waals surface area contributed by atoms with E-state index >= 15 is 0 Å². The molecule has 0 bridgehead atoms. The SMILES string of the molecule is O=C(NCCn1cncn1)c1cc(OCc2ccccc2)ncn1. The minimum Gasteiger partial charge on any atom is -0.473 e. The van der Waals surface area contributed by atoms with Gasteiger partial charge in [0.2, 0.25) is 5.88 Å². The Kier molecular flexibility index (Phi) is 5.08. The number of rotatable bonds is 7. The average Bonchev–Trinajstić information content (AvgIpc) is 3.14. The monoisotopic (exact) mass is 324 g/mol. The lowest BCUT2D eigenvalue weighted by Crippen LogP contribution is -2.28. The molecule has 0 atom stereocenters. The first-order valence-corrected chi connectivity index (χ1v) is 7.40. The molecule has 2 aromatic heterocycles. The molecule has 0 saturated carbocycles. The molecule has 0 spiro atoms. The van der Waals surface area contributed by atoms with E-state index in [0.717, 1.165) is 5.56 Å². The third-order valence-corrected chi connectivity index (χ3v) is 3.20. The number of carbonyl (C=O) groups is 1. The van der Waals surface area contributed by atoms with Crippen molar-refractivity contribution in [3.63, 3.8) is 0 Å². The molecule has 3 rings (SSSR count). The predicted molar refractivity (Wildman–Crippen MR) is 85.2 cm³/mol. The van der Waals surface area contributed by atoms with Gasteiger partial charge in [-0.15, -0.1) is 0 Å². The van der Waals surface area contributed by atoms with Crippen LogP contribution in [-0.4, -0.2) is 37.2 Å². The molecule has 0 aliphatic heterocycles. The van der Waals surface area contributed by atoms with Crippen LogP contribution < -0.4 is 10.1 Å². The largest absolute Gasteiger partial charge is 0.473 e. The summed E-state index contributed by atoms with van der Waals surface area (Å²) in [5.74, 6) is 0.0670. The molecule has 1 amide bonds. The summed E-state index contributed by atoms with van der Waals surface area (Å²) in [5.41, 5.74) is 1.28. The van der Waals surface area contributed by atoms with Gasteiger partial charge in [-0.3, -0.25) is 9.48 Å². The summed E-state index contributed by atoms with van der Waals surface area (Å²) < 4.78 is 7.23.